The van der Waals surface area contributed by atoms with Gasteiger partial charge in [0.25, 0.3) is 0 Å². The lowest BCUT2D eigenvalue weighted by Crippen LogP contribution is -2.96. The van der Waals surface area contributed by atoms with Gasteiger partial charge in [-0.2, -0.15) is 0 Å². The van der Waals surface area contributed by atoms with Crippen molar-refractivity contribution in [3.63, 3.8) is 0 Å². The smallest absolute Gasteiger partial charge is 0.150 e. The highest BCUT2D eigenvalue weighted by Crippen LogP contribution is 2.49. The van der Waals surface area contributed by atoms with Gasteiger partial charge in [0.05, 0.1) is 50.0 Å². The Bertz CT molecular complexity index is 1470. The molecule has 8 aliphatic rings. The number of hydrogen-bond acceptors (Lipinski definition) is 7. The van der Waals surface area contributed by atoms with Gasteiger partial charge in [0.1, 0.15) is 23.7 Å². The maximum Gasteiger partial charge on any atom is 0.150 e. The van der Waals surface area contributed by atoms with E-state index >= 15 is 0 Å². The first-order valence-electron chi connectivity index (χ1n) is 25.2. The second kappa shape index (κ2) is 20.4. The summed E-state index contributed by atoms with van der Waals surface area (Å²) in [5.74, 6) is 13.3. The normalized spacial score (nSPS) is 44.4. The number of fused-ring (bicyclic) bond motifs is 5. The van der Waals surface area contributed by atoms with Gasteiger partial charge in [-0.05, 0) is 150 Å². The van der Waals surface area contributed by atoms with Gasteiger partial charge in [-0.1, -0.05) is 43.9 Å². The monoisotopic (exact) mass is 822 g/mol. The summed E-state index contributed by atoms with van der Waals surface area (Å²) in [6.07, 6.45) is 22.4. The topological polar surface area (TPSA) is 163 Å². The number of ketones is 2. The molecule has 2 saturated heterocycles. The third-order valence-electron chi connectivity index (χ3n) is 18.6. The van der Waals surface area contributed by atoms with Gasteiger partial charge in [-0.3, -0.25) is 15.3 Å². The van der Waals surface area contributed by atoms with Gasteiger partial charge in [-0.25, -0.2) is 0 Å². The van der Waals surface area contributed by atoms with E-state index in [0.717, 1.165) is 82.2 Å². The fraction of sp³-hybridized carbons (Fsp3) is 0.920. The molecule has 19 atom stereocenters. The van der Waals surface area contributed by atoms with Crippen molar-refractivity contribution < 1.29 is 40.3 Å². The summed E-state index contributed by atoms with van der Waals surface area (Å²) in [5.41, 5.74) is 6.55. The lowest BCUT2D eigenvalue weighted by Gasteiger charge is -2.47. The Kier molecular flexibility index (Phi) is 15.3. The molecule has 9 heteroatoms. The highest BCUT2D eigenvalue weighted by Gasteiger charge is 2.48. The molecule has 7 fully saturated rings. The molecular formula is C50H83N3O6+2. The Morgan fingerprint density at radius 1 is 0.763 bits per heavy atom. The Labute approximate surface area is 356 Å². The summed E-state index contributed by atoms with van der Waals surface area (Å²) in [6.45, 7) is 2.21. The second-order valence-electron chi connectivity index (χ2n) is 21.9. The minimum Gasteiger partial charge on any atom is -0.393 e. The number of Topliss-reactive ketones (excluding diaryl/α,β-unsaturated/α-hetero) is 2. The van der Waals surface area contributed by atoms with Crippen LogP contribution in [0.2, 0.25) is 0 Å². The minimum atomic E-state index is -0.776. The lowest BCUT2D eigenvalue weighted by molar-refractivity contribution is -0.715. The summed E-state index contributed by atoms with van der Waals surface area (Å²) in [7, 11) is 1.68. The molecule has 9 N–H and O–H groups in total. The van der Waals surface area contributed by atoms with Crippen LogP contribution in [0, 0.1) is 88.8 Å². The van der Waals surface area contributed by atoms with Crippen molar-refractivity contribution in [2.45, 2.75) is 191 Å². The predicted octanol–water partition coefficient (Wildman–Crippen LogP) is 4.49. The Morgan fingerprint density at radius 2 is 1.59 bits per heavy atom. The van der Waals surface area contributed by atoms with Crippen LogP contribution in [0.5, 0.6) is 0 Å². The van der Waals surface area contributed by atoms with Crippen molar-refractivity contribution in [2.24, 2.45) is 82.7 Å². The highest BCUT2D eigenvalue weighted by atomic mass is 16.5. The summed E-state index contributed by atoms with van der Waals surface area (Å²) < 4.78 is 5.75. The van der Waals surface area contributed by atoms with Crippen LogP contribution in [0.4, 0.5) is 0 Å². The largest absolute Gasteiger partial charge is 0.393 e. The Hall–Kier alpha value is -1.38. The van der Waals surface area contributed by atoms with E-state index in [1.807, 2.05) is 0 Å². The molecule has 0 aromatic rings. The Morgan fingerprint density at radius 3 is 2.42 bits per heavy atom. The number of quaternary nitrogens is 2. The molecule has 332 valence electrons. The fourth-order valence-corrected chi connectivity index (χ4v) is 15.4. The van der Waals surface area contributed by atoms with E-state index in [9.17, 15) is 24.9 Å². The van der Waals surface area contributed by atoms with E-state index in [-0.39, 0.29) is 35.8 Å². The molecule has 2 aliphatic heterocycles. The molecule has 0 bridgehead atoms. The zero-order valence-corrected chi connectivity index (χ0v) is 36.7. The third kappa shape index (κ3) is 10.7. The van der Waals surface area contributed by atoms with E-state index in [0.29, 0.717) is 79.4 Å². The first kappa shape index (κ1) is 44.2. The van der Waals surface area contributed by atoms with E-state index in [1.165, 1.54) is 70.6 Å². The number of ether oxygens (including phenoxy) is 1. The van der Waals surface area contributed by atoms with Crippen molar-refractivity contribution >= 4 is 11.6 Å². The molecule has 8 rings (SSSR count). The molecule has 0 radical (unpaired) electrons. The van der Waals surface area contributed by atoms with Gasteiger partial charge in [0.15, 0.2) is 0 Å². The van der Waals surface area contributed by atoms with Crippen molar-refractivity contribution in [1.82, 2.24) is 0 Å². The molecular weight excluding hydrogens is 739 g/mol. The number of hydrogen-bond donors (Lipinski definition) is 6. The molecule has 59 heavy (non-hydrogen) atoms. The summed E-state index contributed by atoms with van der Waals surface area (Å²) in [4.78, 5) is 26.1. The molecule has 0 aromatic heterocycles. The number of nitrogens with two attached hydrogens (primary N) is 3. The third-order valence-corrected chi connectivity index (χ3v) is 18.6. The number of aliphatic hydroxyl groups is 3. The van der Waals surface area contributed by atoms with Crippen LogP contribution in [-0.4, -0.2) is 83.7 Å². The number of aliphatic hydroxyl groups excluding tert-OH is 3. The molecule has 19 unspecified atom stereocenters. The number of rotatable bonds is 12. The van der Waals surface area contributed by atoms with E-state index in [1.54, 1.807) is 7.11 Å². The number of piperidine rings is 2. The molecule has 5 saturated carbocycles. The zero-order chi connectivity index (χ0) is 41.0. The number of carbonyl (C=O) groups excluding carboxylic acids is 2. The van der Waals surface area contributed by atoms with Crippen LogP contribution < -0.4 is 16.4 Å². The van der Waals surface area contributed by atoms with E-state index in [2.05, 4.69) is 22.5 Å². The van der Waals surface area contributed by atoms with Crippen LogP contribution in [0.25, 0.3) is 0 Å². The van der Waals surface area contributed by atoms with Gasteiger partial charge in [0.2, 0.25) is 0 Å². The van der Waals surface area contributed by atoms with Gasteiger partial charge >= 0.3 is 0 Å². The SMILES string of the molecule is COC1CC2CCC(=O)C(C(O)CCC3CCC4C(C[NH2+]C5CC(=O)CCC54)C3)C#CC(CCC(O)CC(C3CC[NH2+]C(N)C3)C3CCC4CCCCC4C3)C2CC1O. The van der Waals surface area contributed by atoms with Crippen molar-refractivity contribution in [2.75, 3.05) is 20.2 Å². The number of carbonyl (C=O) groups is 2. The van der Waals surface area contributed by atoms with Gasteiger partial charge < -0.3 is 30.7 Å². The van der Waals surface area contributed by atoms with Crippen LogP contribution >= 0.6 is 0 Å². The average molecular weight is 822 g/mol. The lowest BCUT2D eigenvalue weighted by atomic mass is 9.61. The van der Waals surface area contributed by atoms with Crippen molar-refractivity contribution in [1.29, 1.82) is 0 Å². The zero-order valence-electron chi connectivity index (χ0n) is 36.7. The highest BCUT2D eigenvalue weighted by molar-refractivity contribution is 5.84. The molecule has 0 amide bonds. The van der Waals surface area contributed by atoms with E-state index in [4.69, 9.17) is 10.5 Å². The van der Waals surface area contributed by atoms with Crippen molar-refractivity contribution in [3.8, 4) is 11.8 Å². The van der Waals surface area contributed by atoms with Crippen molar-refractivity contribution in [3.05, 3.63) is 0 Å². The predicted molar refractivity (Wildman–Crippen MR) is 228 cm³/mol. The first-order valence-corrected chi connectivity index (χ1v) is 25.2. The van der Waals surface area contributed by atoms with Crippen LogP contribution in [-0.2, 0) is 14.3 Å². The summed E-state index contributed by atoms with van der Waals surface area (Å²) >= 11 is 0. The summed E-state index contributed by atoms with van der Waals surface area (Å²) in [5, 5.41) is 39.7. The quantitative estimate of drug-likeness (QED) is 0.158. The fourth-order valence-electron chi connectivity index (χ4n) is 15.4. The van der Waals surface area contributed by atoms with Crippen LogP contribution in [0.15, 0.2) is 0 Å². The average Bonchev–Trinajstić information content (AvgIpc) is 3.30. The van der Waals surface area contributed by atoms with Crippen LogP contribution in [0.1, 0.15) is 154 Å². The first-order chi connectivity index (χ1) is 28.6. The number of methoxy groups -OCH3 is 1. The van der Waals surface area contributed by atoms with E-state index < -0.39 is 24.2 Å². The minimum absolute atomic E-state index is 0.0479. The molecule has 2 heterocycles. The second-order valence-corrected chi connectivity index (χ2v) is 21.9. The maximum atomic E-state index is 13.9. The standard InChI is InChI=1S/C50H81N3O6/c1-59-49-24-35-12-19-47(57)42(46(56)18-7-30-6-15-40-37(22-30)29-53-45-27-39(55)14-17-41(40)45)16-11-32(44(35)28-48(49)58)10-13-38(54)26-43(36-20-21-52-50(51)25-36)34-9-8-31-4-2-3-5-33(31)23-34/h30-38,40-46,48-50,52-54,56,58H,2-10,12-15,17-29,51H2,1H3/p+2. The molecule has 6 aliphatic carbocycles. The van der Waals surface area contributed by atoms with Gasteiger partial charge in [-0.15, -0.1) is 0 Å². The van der Waals surface area contributed by atoms with Crippen LogP contribution in [0.3, 0.4) is 0 Å². The molecule has 9 nitrogen and oxygen atoms in total. The summed E-state index contributed by atoms with van der Waals surface area (Å²) in [6, 6.07) is 0.492. The maximum absolute atomic E-state index is 13.9. The Balaban J connectivity index is 0.921. The van der Waals surface area contributed by atoms with Gasteiger partial charge in [0, 0.05) is 44.1 Å². The molecule has 0 spiro atoms. The molecule has 0 aromatic carbocycles.